The van der Waals surface area contributed by atoms with Crippen molar-refractivity contribution in [3.05, 3.63) is 66.2 Å². The minimum Gasteiger partial charge on any atom is -0.339 e. The molecule has 5 rings (SSSR count). The SMILES string of the molecule is CN1CCN(C(=O)Cn2c(-c3cnn(C)c3)nc(-c3ccc(Cl)cc3)c2-c2ccncc2)CC1. The first kappa shape index (κ1) is 22.3. The number of aryl methyl sites for hydroxylation is 1. The molecule has 0 N–H and O–H groups in total. The van der Waals surface area contributed by atoms with E-state index in [1.54, 1.807) is 23.3 Å². The number of likely N-dealkylation sites (N-methyl/N-ethyl adjacent to an activating group) is 1. The average Bonchev–Trinajstić information content (AvgIpc) is 3.44. The highest BCUT2D eigenvalue weighted by molar-refractivity contribution is 6.30. The summed E-state index contributed by atoms with van der Waals surface area (Å²) in [6.07, 6.45) is 7.21. The van der Waals surface area contributed by atoms with Crippen molar-refractivity contribution in [2.75, 3.05) is 33.2 Å². The Morgan fingerprint density at radius 3 is 2.29 bits per heavy atom. The number of aromatic nitrogens is 5. The molecule has 0 atom stereocenters. The summed E-state index contributed by atoms with van der Waals surface area (Å²) in [6.45, 7) is 3.38. The first-order valence-electron chi connectivity index (χ1n) is 11.2. The van der Waals surface area contributed by atoms with Crippen LogP contribution in [0, 0.1) is 0 Å². The number of benzene rings is 1. The molecule has 8 nitrogen and oxygen atoms in total. The molecule has 1 amide bonds. The molecule has 4 heterocycles. The Kier molecular flexibility index (Phi) is 6.17. The second-order valence-corrected chi connectivity index (χ2v) is 8.98. The molecule has 1 aliphatic rings. The molecule has 4 aromatic rings. The van der Waals surface area contributed by atoms with Crippen LogP contribution in [0.2, 0.25) is 5.02 Å². The Labute approximate surface area is 203 Å². The zero-order chi connectivity index (χ0) is 23.7. The molecule has 174 valence electrons. The second kappa shape index (κ2) is 9.40. The molecule has 0 saturated carbocycles. The molecule has 0 spiro atoms. The number of imidazole rings is 1. The lowest BCUT2D eigenvalue weighted by Crippen LogP contribution is -2.48. The molecular formula is C25H26ClN7O. The fourth-order valence-corrected chi connectivity index (χ4v) is 4.39. The molecule has 0 unspecified atom stereocenters. The van der Waals surface area contributed by atoms with Crippen LogP contribution in [0.3, 0.4) is 0 Å². The van der Waals surface area contributed by atoms with Gasteiger partial charge in [0.25, 0.3) is 0 Å². The Hall–Kier alpha value is -3.49. The van der Waals surface area contributed by atoms with Crippen LogP contribution in [0.5, 0.6) is 0 Å². The Morgan fingerprint density at radius 2 is 1.65 bits per heavy atom. The summed E-state index contributed by atoms with van der Waals surface area (Å²) < 4.78 is 3.75. The number of amides is 1. The van der Waals surface area contributed by atoms with E-state index in [1.165, 1.54) is 0 Å². The third-order valence-corrected chi connectivity index (χ3v) is 6.40. The van der Waals surface area contributed by atoms with Gasteiger partial charge in [0.2, 0.25) is 5.91 Å². The van der Waals surface area contributed by atoms with Crippen LogP contribution in [0.4, 0.5) is 0 Å². The van der Waals surface area contributed by atoms with Gasteiger partial charge in [-0.1, -0.05) is 23.7 Å². The lowest BCUT2D eigenvalue weighted by atomic mass is 10.1. The maximum Gasteiger partial charge on any atom is 0.242 e. The van der Waals surface area contributed by atoms with Gasteiger partial charge in [-0.15, -0.1) is 0 Å². The molecular weight excluding hydrogens is 450 g/mol. The van der Waals surface area contributed by atoms with Crippen LogP contribution < -0.4 is 0 Å². The number of pyridine rings is 1. The highest BCUT2D eigenvalue weighted by Crippen LogP contribution is 2.36. The van der Waals surface area contributed by atoms with Crippen molar-refractivity contribution in [3.63, 3.8) is 0 Å². The van der Waals surface area contributed by atoms with Gasteiger partial charge in [-0.3, -0.25) is 14.5 Å². The fourth-order valence-electron chi connectivity index (χ4n) is 4.27. The Balaban J connectivity index is 1.66. The monoisotopic (exact) mass is 475 g/mol. The molecule has 1 fully saturated rings. The van der Waals surface area contributed by atoms with Crippen molar-refractivity contribution in [2.45, 2.75) is 6.54 Å². The molecule has 0 bridgehead atoms. The maximum atomic E-state index is 13.4. The number of piperazine rings is 1. The van der Waals surface area contributed by atoms with Crippen molar-refractivity contribution in [3.8, 4) is 33.9 Å². The number of nitrogens with zero attached hydrogens (tertiary/aromatic N) is 7. The predicted octanol–water partition coefficient (Wildman–Crippen LogP) is 3.44. The smallest absolute Gasteiger partial charge is 0.242 e. The highest BCUT2D eigenvalue weighted by atomic mass is 35.5. The van der Waals surface area contributed by atoms with Crippen LogP contribution >= 0.6 is 11.6 Å². The summed E-state index contributed by atoms with van der Waals surface area (Å²) >= 11 is 6.16. The van der Waals surface area contributed by atoms with Gasteiger partial charge in [-0.25, -0.2) is 4.98 Å². The zero-order valence-corrected chi connectivity index (χ0v) is 20.0. The molecule has 1 aromatic carbocycles. The van der Waals surface area contributed by atoms with Crippen LogP contribution in [0.1, 0.15) is 0 Å². The Morgan fingerprint density at radius 1 is 0.941 bits per heavy atom. The predicted molar refractivity (Wildman–Crippen MR) is 132 cm³/mol. The van der Waals surface area contributed by atoms with Crippen molar-refractivity contribution in [1.82, 2.24) is 34.1 Å². The van der Waals surface area contributed by atoms with Gasteiger partial charge in [0, 0.05) is 68.0 Å². The van der Waals surface area contributed by atoms with Crippen molar-refractivity contribution < 1.29 is 4.79 Å². The minimum absolute atomic E-state index is 0.0774. The van der Waals surface area contributed by atoms with Crippen LogP contribution in [-0.2, 0) is 18.4 Å². The van der Waals surface area contributed by atoms with E-state index in [0.717, 1.165) is 54.3 Å². The molecule has 3 aromatic heterocycles. The standard InChI is InChI=1S/C25H26ClN7O/c1-30-11-13-32(14-12-30)22(34)17-33-24(19-7-9-27-10-8-19)23(18-3-5-21(26)6-4-18)29-25(33)20-15-28-31(2)16-20/h3-10,15-16H,11-14,17H2,1-2H3. The molecule has 1 aliphatic heterocycles. The van der Waals surface area contributed by atoms with Crippen molar-refractivity contribution in [1.29, 1.82) is 0 Å². The summed E-state index contributed by atoms with van der Waals surface area (Å²) in [6, 6.07) is 11.5. The van der Waals surface area contributed by atoms with E-state index in [0.29, 0.717) is 10.8 Å². The zero-order valence-electron chi connectivity index (χ0n) is 19.2. The van der Waals surface area contributed by atoms with Gasteiger partial charge in [-0.05, 0) is 31.3 Å². The van der Waals surface area contributed by atoms with Gasteiger partial charge in [-0.2, -0.15) is 5.10 Å². The minimum atomic E-state index is 0.0774. The summed E-state index contributed by atoms with van der Waals surface area (Å²) in [5.41, 5.74) is 4.36. The average molecular weight is 476 g/mol. The van der Waals surface area contributed by atoms with Crippen LogP contribution in [0.15, 0.2) is 61.2 Å². The quantitative estimate of drug-likeness (QED) is 0.442. The maximum absolute atomic E-state index is 13.4. The molecule has 34 heavy (non-hydrogen) atoms. The number of carbonyl (C=O) groups excluding carboxylic acids is 1. The topological polar surface area (TPSA) is 72.1 Å². The Bertz CT molecular complexity index is 1290. The molecule has 9 heteroatoms. The lowest BCUT2D eigenvalue weighted by Gasteiger charge is -2.32. The number of carbonyl (C=O) groups is 1. The summed E-state index contributed by atoms with van der Waals surface area (Å²) in [7, 11) is 3.95. The van der Waals surface area contributed by atoms with E-state index >= 15 is 0 Å². The molecule has 0 radical (unpaired) electrons. The largest absolute Gasteiger partial charge is 0.339 e. The number of rotatable bonds is 5. The van der Waals surface area contributed by atoms with Gasteiger partial charge in [0.15, 0.2) is 0 Å². The van der Waals surface area contributed by atoms with E-state index in [2.05, 4.69) is 22.0 Å². The summed E-state index contributed by atoms with van der Waals surface area (Å²) in [5.74, 6) is 0.779. The van der Waals surface area contributed by atoms with Gasteiger partial charge in [0.1, 0.15) is 12.4 Å². The number of hydrogen-bond donors (Lipinski definition) is 0. The normalized spacial score (nSPS) is 14.5. The fraction of sp³-hybridized carbons (Fsp3) is 0.280. The highest BCUT2D eigenvalue weighted by Gasteiger charge is 2.26. The third-order valence-electron chi connectivity index (χ3n) is 6.15. The van der Waals surface area contributed by atoms with Crippen molar-refractivity contribution in [2.24, 2.45) is 7.05 Å². The lowest BCUT2D eigenvalue weighted by molar-refractivity contribution is -0.133. The van der Waals surface area contributed by atoms with Crippen molar-refractivity contribution >= 4 is 17.5 Å². The van der Waals surface area contributed by atoms with Gasteiger partial charge in [0.05, 0.1) is 23.1 Å². The third kappa shape index (κ3) is 4.47. The van der Waals surface area contributed by atoms with E-state index in [4.69, 9.17) is 16.6 Å². The van der Waals surface area contributed by atoms with Gasteiger partial charge < -0.3 is 14.4 Å². The van der Waals surface area contributed by atoms with Gasteiger partial charge >= 0.3 is 0 Å². The van der Waals surface area contributed by atoms with E-state index in [9.17, 15) is 4.79 Å². The van der Waals surface area contributed by atoms with E-state index in [1.807, 2.05) is 59.1 Å². The first-order chi connectivity index (χ1) is 16.5. The van der Waals surface area contributed by atoms with Crippen LogP contribution in [0.25, 0.3) is 33.9 Å². The van der Waals surface area contributed by atoms with Crippen LogP contribution in [-0.4, -0.2) is 73.2 Å². The molecule has 0 aliphatic carbocycles. The summed E-state index contributed by atoms with van der Waals surface area (Å²) in [5, 5.41) is 5.00. The second-order valence-electron chi connectivity index (χ2n) is 8.55. The van der Waals surface area contributed by atoms with E-state index in [-0.39, 0.29) is 12.5 Å². The summed E-state index contributed by atoms with van der Waals surface area (Å²) in [4.78, 5) is 26.9. The number of halogens is 1. The molecule has 1 saturated heterocycles. The first-order valence-corrected chi connectivity index (χ1v) is 11.6. The number of hydrogen-bond acceptors (Lipinski definition) is 5. The van der Waals surface area contributed by atoms with E-state index < -0.39 is 0 Å².